The monoisotopic (exact) mass is 550 g/mol. The zero-order valence-electron chi connectivity index (χ0n) is 17.2. The topological polar surface area (TPSA) is 88.7 Å². The van der Waals surface area contributed by atoms with E-state index in [9.17, 15) is 18.0 Å². The largest absolute Gasteiger partial charge is 0.489 e. The molecule has 0 saturated carbocycles. The van der Waals surface area contributed by atoms with E-state index in [2.05, 4.69) is 15.6 Å². The number of hydrogen-bond acceptors (Lipinski definition) is 3. The summed E-state index contributed by atoms with van der Waals surface area (Å²) in [7, 11) is 1.61. The average Bonchev–Trinajstić information content (AvgIpc) is 2.72. The van der Waals surface area contributed by atoms with Crippen LogP contribution < -0.4 is 21.1 Å². The summed E-state index contributed by atoms with van der Waals surface area (Å²) in [5.74, 6) is 0.189. The molecule has 1 unspecified atom stereocenters. The van der Waals surface area contributed by atoms with Crippen LogP contribution in [-0.2, 0) is 12.7 Å². The van der Waals surface area contributed by atoms with Gasteiger partial charge in [-0.05, 0) is 42.3 Å². The number of carbonyl (C=O) groups excluding carboxylic acids is 1. The third kappa shape index (κ3) is 8.64. The fourth-order valence-corrected chi connectivity index (χ4v) is 2.61. The van der Waals surface area contributed by atoms with Crippen molar-refractivity contribution in [1.82, 2.24) is 10.6 Å². The SMILES string of the molecule is CCC(CNC(=NC)NCc1ccc(C(N)=O)cc1)Oc1cccc(C(F)(F)F)c1.I. The highest BCUT2D eigenvalue weighted by atomic mass is 127. The Kier molecular flexibility index (Phi) is 10.6. The Hall–Kier alpha value is -2.50. The van der Waals surface area contributed by atoms with Gasteiger partial charge < -0.3 is 21.1 Å². The molecule has 2 rings (SSSR count). The second kappa shape index (κ2) is 12.4. The molecule has 1 atom stereocenters. The fraction of sp³-hybridized carbons (Fsp3) is 0.333. The zero-order chi connectivity index (χ0) is 22.1. The number of guanidine groups is 1. The number of hydrogen-bond donors (Lipinski definition) is 3. The fourth-order valence-electron chi connectivity index (χ4n) is 2.61. The van der Waals surface area contributed by atoms with Gasteiger partial charge in [-0.25, -0.2) is 0 Å². The van der Waals surface area contributed by atoms with E-state index in [1.807, 2.05) is 6.92 Å². The third-order valence-electron chi connectivity index (χ3n) is 4.34. The lowest BCUT2D eigenvalue weighted by molar-refractivity contribution is -0.137. The van der Waals surface area contributed by atoms with E-state index in [1.54, 1.807) is 31.3 Å². The summed E-state index contributed by atoms with van der Waals surface area (Å²) in [4.78, 5) is 15.2. The highest BCUT2D eigenvalue weighted by molar-refractivity contribution is 14.0. The number of aliphatic imine (C=N–C) groups is 1. The van der Waals surface area contributed by atoms with Crippen molar-refractivity contribution in [2.45, 2.75) is 32.2 Å². The van der Waals surface area contributed by atoms with E-state index in [0.717, 1.165) is 17.7 Å². The molecule has 0 bridgehead atoms. The van der Waals surface area contributed by atoms with Crippen molar-refractivity contribution in [1.29, 1.82) is 0 Å². The van der Waals surface area contributed by atoms with Crippen molar-refractivity contribution in [3.8, 4) is 5.75 Å². The molecule has 0 aromatic heterocycles. The Morgan fingerprint density at radius 2 is 1.84 bits per heavy atom. The quantitative estimate of drug-likeness (QED) is 0.264. The molecule has 4 N–H and O–H groups in total. The van der Waals surface area contributed by atoms with Gasteiger partial charge in [-0.3, -0.25) is 9.79 Å². The van der Waals surface area contributed by atoms with Crippen LogP contribution in [0.1, 0.15) is 34.8 Å². The van der Waals surface area contributed by atoms with Crippen molar-refractivity contribution in [3.63, 3.8) is 0 Å². The number of nitrogens with zero attached hydrogens (tertiary/aromatic N) is 1. The van der Waals surface area contributed by atoms with Gasteiger partial charge in [0.15, 0.2) is 5.96 Å². The van der Waals surface area contributed by atoms with Gasteiger partial charge in [-0.1, -0.05) is 25.1 Å². The smallest absolute Gasteiger partial charge is 0.416 e. The summed E-state index contributed by atoms with van der Waals surface area (Å²) in [6.07, 6.45) is -4.17. The minimum absolute atomic E-state index is 0. The molecule has 2 aromatic carbocycles. The summed E-state index contributed by atoms with van der Waals surface area (Å²) >= 11 is 0. The van der Waals surface area contributed by atoms with Crippen LogP contribution in [-0.4, -0.2) is 31.6 Å². The van der Waals surface area contributed by atoms with Gasteiger partial charge in [0.2, 0.25) is 5.91 Å². The first-order chi connectivity index (χ1) is 14.2. The summed E-state index contributed by atoms with van der Waals surface area (Å²) in [6, 6.07) is 11.7. The van der Waals surface area contributed by atoms with Crippen molar-refractivity contribution in [3.05, 3.63) is 65.2 Å². The minimum Gasteiger partial charge on any atom is -0.489 e. The summed E-state index contributed by atoms with van der Waals surface area (Å²) in [5.41, 5.74) is 5.83. The van der Waals surface area contributed by atoms with E-state index < -0.39 is 17.6 Å². The molecule has 0 saturated heterocycles. The number of carbonyl (C=O) groups is 1. The molecule has 170 valence electrons. The van der Waals surface area contributed by atoms with Gasteiger partial charge in [0.05, 0.1) is 12.1 Å². The minimum atomic E-state index is -4.42. The summed E-state index contributed by atoms with van der Waals surface area (Å²) in [5, 5.41) is 6.23. The Balaban J connectivity index is 0.00000480. The van der Waals surface area contributed by atoms with Crippen LogP contribution in [0.15, 0.2) is 53.5 Å². The Labute approximate surface area is 196 Å². The van der Waals surface area contributed by atoms with Crippen molar-refractivity contribution >= 4 is 35.8 Å². The first kappa shape index (κ1) is 26.5. The van der Waals surface area contributed by atoms with Crippen LogP contribution in [0.3, 0.4) is 0 Å². The number of primary amides is 1. The molecule has 31 heavy (non-hydrogen) atoms. The van der Waals surface area contributed by atoms with Crippen LogP contribution in [0.4, 0.5) is 13.2 Å². The van der Waals surface area contributed by atoms with Gasteiger partial charge in [0.25, 0.3) is 0 Å². The molecular weight excluding hydrogens is 524 g/mol. The van der Waals surface area contributed by atoms with Gasteiger partial charge >= 0.3 is 6.18 Å². The van der Waals surface area contributed by atoms with Gasteiger partial charge in [0.1, 0.15) is 11.9 Å². The molecule has 0 aliphatic carbocycles. The lowest BCUT2D eigenvalue weighted by Gasteiger charge is -2.20. The highest BCUT2D eigenvalue weighted by Gasteiger charge is 2.30. The van der Waals surface area contributed by atoms with E-state index in [-0.39, 0.29) is 35.8 Å². The number of halogens is 4. The average molecular weight is 550 g/mol. The van der Waals surface area contributed by atoms with Crippen LogP contribution >= 0.6 is 24.0 Å². The maximum absolute atomic E-state index is 12.9. The Bertz CT molecular complexity index is 874. The summed E-state index contributed by atoms with van der Waals surface area (Å²) in [6.45, 7) is 2.70. The maximum atomic E-state index is 12.9. The molecule has 1 amide bonds. The summed E-state index contributed by atoms with van der Waals surface area (Å²) < 4.78 is 44.3. The molecule has 0 radical (unpaired) electrons. The predicted octanol–water partition coefficient (Wildman–Crippen LogP) is 3.94. The molecule has 6 nitrogen and oxygen atoms in total. The van der Waals surface area contributed by atoms with Crippen LogP contribution in [0.5, 0.6) is 5.75 Å². The van der Waals surface area contributed by atoms with E-state index >= 15 is 0 Å². The van der Waals surface area contributed by atoms with Crippen molar-refractivity contribution in [2.24, 2.45) is 10.7 Å². The molecule has 0 aliphatic heterocycles. The van der Waals surface area contributed by atoms with Gasteiger partial charge in [0, 0.05) is 19.2 Å². The Morgan fingerprint density at radius 1 is 1.16 bits per heavy atom. The second-order valence-corrected chi connectivity index (χ2v) is 6.54. The maximum Gasteiger partial charge on any atom is 0.416 e. The number of benzene rings is 2. The number of nitrogens with two attached hydrogens (primary N) is 1. The number of alkyl halides is 3. The van der Waals surface area contributed by atoms with Gasteiger partial charge in [-0.2, -0.15) is 13.2 Å². The van der Waals surface area contributed by atoms with E-state index in [0.29, 0.717) is 31.0 Å². The van der Waals surface area contributed by atoms with Crippen LogP contribution in [0.25, 0.3) is 0 Å². The lowest BCUT2D eigenvalue weighted by Crippen LogP contribution is -2.42. The first-order valence-corrected chi connectivity index (χ1v) is 9.40. The highest BCUT2D eigenvalue weighted by Crippen LogP contribution is 2.31. The molecule has 0 aliphatic rings. The number of amides is 1. The molecular formula is C21H26F3IN4O2. The molecule has 0 heterocycles. The predicted molar refractivity (Wildman–Crippen MR) is 125 cm³/mol. The van der Waals surface area contributed by atoms with E-state index in [1.165, 1.54) is 12.1 Å². The molecule has 10 heteroatoms. The van der Waals surface area contributed by atoms with E-state index in [4.69, 9.17) is 10.5 Å². The molecule has 0 spiro atoms. The third-order valence-corrected chi connectivity index (χ3v) is 4.34. The second-order valence-electron chi connectivity index (χ2n) is 6.54. The normalized spacial score (nSPS) is 12.5. The standard InChI is InChI=1S/C21H25F3N4O2.HI/c1-3-17(30-18-6-4-5-16(11-18)21(22,23)24)13-28-20(26-2)27-12-14-7-9-15(10-8-14)19(25)29;/h4-11,17H,3,12-13H2,1-2H3,(H2,25,29)(H2,26,27,28);1H. The lowest BCUT2D eigenvalue weighted by atomic mass is 10.1. The Morgan fingerprint density at radius 3 is 2.39 bits per heavy atom. The number of nitrogens with one attached hydrogen (secondary N) is 2. The first-order valence-electron chi connectivity index (χ1n) is 9.40. The van der Waals surface area contributed by atoms with Crippen LogP contribution in [0, 0.1) is 0 Å². The number of rotatable bonds is 8. The van der Waals surface area contributed by atoms with Crippen molar-refractivity contribution < 1.29 is 22.7 Å². The van der Waals surface area contributed by atoms with Crippen LogP contribution in [0.2, 0.25) is 0 Å². The number of ether oxygens (including phenoxy) is 1. The zero-order valence-corrected chi connectivity index (χ0v) is 19.5. The van der Waals surface area contributed by atoms with Gasteiger partial charge in [-0.15, -0.1) is 24.0 Å². The molecule has 0 fully saturated rings. The van der Waals surface area contributed by atoms with Crippen molar-refractivity contribution in [2.75, 3.05) is 13.6 Å². The molecule has 2 aromatic rings.